The summed E-state index contributed by atoms with van der Waals surface area (Å²) in [7, 11) is 6.12. The number of nitrogens with zero attached hydrogens (tertiary/aromatic N) is 4. The normalized spacial score (nSPS) is 12.6. The molecule has 0 saturated heterocycles. The van der Waals surface area contributed by atoms with Crippen LogP contribution in [-0.4, -0.2) is 60.4 Å². The zero-order chi connectivity index (χ0) is 18.1. The molecule has 2 aromatic heterocycles. The van der Waals surface area contributed by atoms with Crippen LogP contribution < -0.4 is 10.6 Å². The predicted octanol–water partition coefficient (Wildman–Crippen LogP) is 2.76. The van der Waals surface area contributed by atoms with Gasteiger partial charge in [0.15, 0.2) is 0 Å². The third kappa shape index (κ3) is 3.18. The lowest BCUT2D eigenvalue weighted by molar-refractivity contribution is 0.425. The minimum atomic E-state index is 0.848. The van der Waals surface area contributed by atoms with Gasteiger partial charge in [-0.1, -0.05) is 17.8 Å². The van der Waals surface area contributed by atoms with E-state index in [4.69, 9.17) is 10.1 Å². The molecule has 136 valence electrons. The summed E-state index contributed by atoms with van der Waals surface area (Å²) in [6, 6.07) is 8.63. The van der Waals surface area contributed by atoms with Crippen molar-refractivity contribution >= 4 is 28.4 Å². The first kappa shape index (κ1) is 17.3. The van der Waals surface area contributed by atoms with Crippen LogP contribution in [0.1, 0.15) is 0 Å². The molecule has 3 heterocycles. The topological polar surface area (TPSA) is 58.0 Å². The first-order valence-corrected chi connectivity index (χ1v) is 9.70. The smallest absolute Gasteiger partial charge is 0.121 e. The molecule has 0 atom stereocenters. The van der Waals surface area contributed by atoms with Gasteiger partial charge in [0.05, 0.1) is 23.9 Å². The molecule has 1 aliphatic heterocycles. The number of likely N-dealkylation sites (N-methyl/N-ethyl adjacent to an activating group) is 2. The van der Waals surface area contributed by atoms with E-state index >= 15 is 0 Å². The zero-order valence-corrected chi connectivity index (χ0v) is 16.2. The summed E-state index contributed by atoms with van der Waals surface area (Å²) in [5, 5.41) is 12.8. The minimum absolute atomic E-state index is 0.848. The highest BCUT2D eigenvalue weighted by molar-refractivity contribution is 7.99. The van der Waals surface area contributed by atoms with Crippen LogP contribution in [0.5, 0.6) is 0 Å². The Morgan fingerprint density at radius 2 is 2.04 bits per heavy atom. The van der Waals surface area contributed by atoms with E-state index in [0.717, 1.165) is 43.3 Å². The molecule has 0 bridgehead atoms. The molecule has 0 fully saturated rings. The van der Waals surface area contributed by atoms with Crippen molar-refractivity contribution in [2.45, 2.75) is 16.3 Å². The highest BCUT2D eigenvalue weighted by Crippen LogP contribution is 2.47. The van der Waals surface area contributed by atoms with Crippen molar-refractivity contribution in [3.63, 3.8) is 0 Å². The van der Waals surface area contributed by atoms with Gasteiger partial charge in [-0.15, -0.1) is 0 Å². The third-order valence-electron chi connectivity index (χ3n) is 4.50. The van der Waals surface area contributed by atoms with Crippen LogP contribution in [0.15, 0.2) is 40.3 Å². The Balaban J connectivity index is 1.70. The van der Waals surface area contributed by atoms with E-state index < -0.39 is 0 Å². The van der Waals surface area contributed by atoms with Crippen molar-refractivity contribution in [1.82, 2.24) is 25.0 Å². The number of hydrogen-bond donors (Lipinski definition) is 2. The lowest BCUT2D eigenvalue weighted by Crippen LogP contribution is -2.20. The second-order valence-electron chi connectivity index (χ2n) is 6.73. The summed E-state index contributed by atoms with van der Waals surface area (Å²) in [4.78, 5) is 9.33. The van der Waals surface area contributed by atoms with Crippen molar-refractivity contribution in [2.24, 2.45) is 0 Å². The third-order valence-corrected chi connectivity index (χ3v) is 5.59. The summed E-state index contributed by atoms with van der Waals surface area (Å²) >= 11 is 1.78. The lowest BCUT2D eigenvalue weighted by atomic mass is 10.1. The number of fused-ring (bicyclic) bond motifs is 2. The van der Waals surface area contributed by atoms with Crippen molar-refractivity contribution in [3.05, 3.63) is 30.5 Å². The van der Waals surface area contributed by atoms with Crippen molar-refractivity contribution in [2.75, 3.05) is 46.1 Å². The van der Waals surface area contributed by atoms with Crippen LogP contribution in [0.3, 0.4) is 0 Å². The maximum atomic E-state index is 4.89. The standard InChI is InChI=1S/C19H24N6S/c1-20-7-10-25-14-5-4-6-15-17(14)19(23-25)18-16(26-15)11-13(12-22-18)21-8-9-24(2)3/h4-6,11-12,20-21H,7-10H2,1-3H3. The first-order valence-electron chi connectivity index (χ1n) is 8.88. The van der Waals surface area contributed by atoms with Gasteiger partial charge in [-0.3, -0.25) is 9.67 Å². The Labute approximate surface area is 158 Å². The largest absolute Gasteiger partial charge is 0.382 e. The van der Waals surface area contributed by atoms with Crippen LogP contribution >= 0.6 is 11.8 Å². The average Bonchev–Trinajstić information content (AvgIpc) is 3.00. The van der Waals surface area contributed by atoms with E-state index in [1.165, 1.54) is 20.7 Å². The lowest BCUT2D eigenvalue weighted by Gasteiger charge is -2.16. The number of pyridine rings is 1. The summed E-state index contributed by atoms with van der Waals surface area (Å²) < 4.78 is 2.09. The van der Waals surface area contributed by atoms with Gasteiger partial charge in [-0.05, 0) is 39.3 Å². The molecule has 1 aliphatic rings. The van der Waals surface area contributed by atoms with Gasteiger partial charge in [0, 0.05) is 34.8 Å². The quantitative estimate of drug-likeness (QED) is 0.523. The van der Waals surface area contributed by atoms with E-state index in [1.807, 2.05) is 13.2 Å². The van der Waals surface area contributed by atoms with Gasteiger partial charge in [0.1, 0.15) is 11.4 Å². The number of nitrogens with one attached hydrogen (secondary N) is 2. The fourth-order valence-corrected chi connectivity index (χ4v) is 4.29. The van der Waals surface area contributed by atoms with Crippen LogP contribution in [-0.2, 0) is 6.54 Å². The van der Waals surface area contributed by atoms with Gasteiger partial charge >= 0.3 is 0 Å². The molecule has 0 radical (unpaired) electrons. The average molecular weight is 369 g/mol. The van der Waals surface area contributed by atoms with Gasteiger partial charge in [0.2, 0.25) is 0 Å². The molecule has 6 nitrogen and oxygen atoms in total. The number of benzene rings is 1. The summed E-state index contributed by atoms with van der Waals surface area (Å²) in [6.07, 6.45) is 1.92. The molecule has 0 spiro atoms. The molecule has 0 saturated carbocycles. The molecule has 3 aromatic rings. The van der Waals surface area contributed by atoms with E-state index in [0.29, 0.717) is 0 Å². The minimum Gasteiger partial charge on any atom is -0.382 e. The molecule has 0 aliphatic carbocycles. The fraction of sp³-hybridized carbons (Fsp3) is 0.368. The molecule has 0 amide bonds. The van der Waals surface area contributed by atoms with Crippen LogP contribution in [0.2, 0.25) is 0 Å². The molecule has 2 N–H and O–H groups in total. The van der Waals surface area contributed by atoms with Crippen molar-refractivity contribution in [1.29, 1.82) is 0 Å². The SMILES string of the molecule is CNCCn1nc2c3c(cccc31)Sc1cc(NCCN(C)C)cnc1-2. The predicted molar refractivity (Wildman–Crippen MR) is 108 cm³/mol. The highest BCUT2D eigenvalue weighted by Gasteiger charge is 2.25. The molecule has 0 unspecified atom stereocenters. The molecular weight excluding hydrogens is 344 g/mol. The Hall–Kier alpha value is -2.09. The van der Waals surface area contributed by atoms with Crippen molar-refractivity contribution in [3.8, 4) is 11.4 Å². The number of aromatic nitrogens is 3. The van der Waals surface area contributed by atoms with Gasteiger partial charge in [-0.25, -0.2) is 0 Å². The maximum absolute atomic E-state index is 4.89. The Bertz CT molecular complexity index is 933. The second-order valence-corrected chi connectivity index (χ2v) is 7.81. The van der Waals surface area contributed by atoms with E-state index in [2.05, 4.69) is 58.6 Å². The van der Waals surface area contributed by atoms with Gasteiger partial charge in [0.25, 0.3) is 0 Å². The van der Waals surface area contributed by atoms with Gasteiger partial charge in [-0.2, -0.15) is 5.10 Å². The summed E-state index contributed by atoms with van der Waals surface area (Å²) in [6.45, 7) is 3.63. The Morgan fingerprint density at radius 1 is 1.15 bits per heavy atom. The Kier molecular flexibility index (Phi) is 4.84. The number of rotatable bonds is 7. The maximum Gasteiger partial charge on any atom is 0.121 e. The fourth-order valence-electron chi connectivity index (χ4n) is 3.18. The molecule has 4 rings (SSSR count). The summed E-state index contributed by atoms with van der Waals surface area (Å²) in [5.41, 5.74) is 4.23. The number of hydrogen-bond acceptors (Lipinski definition) is 6. The Morgan fingerprint density at radius 3 is 2.85 bits per heavy atom. The first-order chi connectivity index (χ1) is 12.7. The van der Waals surface area contributed by atoms with Gasteiger partial charge < -0.3 is 15.5 Å². The monoisotopic (exact) mass is 368 g/mol. The molecule has 1 aromatic carbocycles. The molecular formula is C19H24N6S. The van der Waals surface area contributed by atoms with Crippen LogP contribution in [0.25, 0.3) is 22.3 Å². The molecule has 7 heteroatoms. The highest BCUT2D eigenvalue weighted by atomic mass is 32.2. The van der Waals surface area contributed by atoms with Crippen LogP contribution in [0.4, 0.5) is 5.69 Å². The van der Waals surface area contributed by atoms with E-state index in [1.54, 1.807) is 11.8 Å². The second kappa shape index (κ2) is 7.26. The zero-order valence-electron chi connectivity index (χ0n) is 15.4. The number of anilines is 1. The van der Waals surface area contributed by atoms with Crippen molar-refractivity contribution < 1.29 is 0 Å². The van der Waals surface area contributed by atoms with Crippen LogP contribution in [0, 0.1) is 0 Å². The molecule has 26 heavy (non-hydrogen) atoms. The summed E-state index contributed by atoms with van der Waals surface area (Å²) in [5.74, 6) is 0. The van der Waals surface area contributed by atoms with E-state index in [-0.39, 0.29) is 0 Å². The van der Waals surface area contributed by atoms with E-state index in [9.17, 15) is 0 Å².